The lowest BCUT2D eigenvalue weighted by molar-refractivity contribution is 0.102. The molecule has 0 radical (unpaired) electrons. The van der Waals surface area contributed by atoms with Crippen LogP contribution < -0.4 is 10.6 Å². The molecule has 0 saturated heterocycles. The molecule has 0 atom stereocenters. The predicted octanol–water partition coefficient (Wildman–Crippen LogP) is 5.24. The van der Waals surface area contributed by atoms with E-state index in [0.717, 1.165) is 33.4 Å². The molecule has 28 heavy (non-hydrogen) atoms. The average molecular weight is 368 g/mol. The van der Waals surface area contributed by atoms with Gasteiger partial charge >= 0.3 is 0 Å². The molecule has 0 aliphatic carbocycles. The van der Waals surface area contributed by atoms with E-state index < -0.39 is 0 Å². The van der Waals surface area contributed by atoms with Crippen LogP contribution in [0.5, 0.6) is 0 Å². The molecule has 0 spiro atoms. The lowest BCUT2D eigenvalue weighted by Gasteiger charge is -2.13. The summed E-state index contributed by atoms with van der Waals surface area (Å²) in [5, 5.41) is 7.25. The molecule has 1 amide bonds. The Labute approximate surface area is 163 Å². The first kappa shape index (κ1) is 17.7. The van der Waals surface area contributed by atoms with Crippen LogP contribution in [0.15, 0.2) is 73.1 Å². The van der Waals surface area contributed by atoms with Crippen LogP contribution in [0.1, 0.15) is 21.6 Å². The van der Waals surface area contributed by atoms with Crippen LogP contribution in [-0.4, -0.2) is 15.9 Å². The molecule has 0 aliphatic heterocycles. The van der Waals surface area contributed by atoms with Crippen molar-refractivity contribution in [2.24, 2.45) is 0 Å². The number of carbonyl (C=O) groups is 1. The lowest BCUT2D eigenvalue weighted by Crippen LogP contribution is -2.14. The second-order valence-electron chi connectivity index (χ2n) is 6.66. The first-order valence-corrected chi connectivity index (χ1v) is 9.06. The van der Waals surface area contributed by atoms with Crippen LogP contribution in [0, 0.1) is 13.8 Å². The number of para-hydroxylation sites is 2. The van der Waals surface area contributed by atoms with E-state index in [2.05, 4.69) is 46.6 Å². The normalized spacial score (nSPS) is 10.6. The summed E-state index contributed by atoms with van der Waals surface area (Å²) in [5.41, 5.74) is 5.98. The van der Waals surface area contributed by atoms with E-state index in [0.29, 0.717) is 11.4 Å². The Bertz CT molecular complexity index is 1130. The quantitative estimate of drug-likeness (QED) is 0.517. The number of fused-ring (bicyclic) bond motifs is 1. The summed E-state index contributed by atoms with van der Waals surface area (Å²) >= 11 is 0. The van der Waals surface area contributed by atoms with Crippen molar-refractivity contribution in [3.63, 3.8) is 0 Å². The van der Waals surface area contributed by atoms with E-state index in [9.17, 15) is 4.79 Å². The first-order chi connectivity index (χ1) is 13.6. The maximum atomic E-state index is 12.6. The van der Waals surface area contributed by atoms with Gasteiger partial charge in [0, 0.05) is 17.3 Å². The van der Waals surface area contributed by atoms with Gasteiger partial charge in [-0.2, -0.15) is 0 Å². The van der Waals surface area contributed by atoms with Crippen LogP contribution in [0.2, 0.25) is 0 Å². The van der Waals surface area contributed by atoms with Gasteiger partial charge < -0.3 is 10.6 Å². The third-order valence-corrected chi connectivity index (χ3v) is 4.63. The van der Waals surface area contributed by atoms with Gasteiger partial charge in [0.2, 0.25) is 0 Å². The number of nitrogens with zero attached hydrogens (tertiary/aromatic N) is 2. The standard InChI is InChI=1S/C23H20N4O/c1-15-6-3-7-16(2)21(15)26-18-11-12-20(25-14-18)23(28)27-19-10-4-8-17-9-5-13-24-22(17)19/h3-14,26H,1-2H3,(H,27,28). The van der Waals surface area contributed by atoms with Gasteiger partial charge in [0.05, 0.1) is 23.1 Å². The van der Waals surface area contributed by atoms with Crippen LogP contribution >= 0.6 is 0 Å². The molecule has 0 bridgehead atoms. The summed E-state index contributed by atoms with van der Waals surface area (Å²) in [7, 11) is 0. The maximum absolute atomic E-state index is 12.6. The van der Waals surface area contributed by atoms with E-state index in [-0.39, 0.29) is 5.91 Å². The third-order valence-electron chi connectivity index (χ3n) is 4.63. The van der Waals surface area contributed by atoms with Gasteiger partial charge in [-0.1, -0.05) is 36.4 Å². The average Bonchev–Trinajstić information content (AvgIpc) is 2.71. The van der Waals surface area contributed by atoms with Crippen LogP contribution in [0.4, 0.5) is 17.1 Å². The molecule has 4 rings (SSSR count). The fourth-order valence-electron chi connectivity index (χ4n) is 3.15. The number of amides is 1. The maximum Gasteiger partial charge on any atom is 0.274 e. The highest BCUT2D eigenvalue weighted by molar-refractivity contribution is 6.07. The minimum Gasteiger partial charge on any atom is -0.354 e. The molecule has 0 saturated carbocycles. The highest BCUT2D eigenvalue weighted by Crippen LogP contribution is 2.24. The van der Waals surface area contributed by atoms with Crippen molar-refractivity contribution in [1.29, 1.82) is 0 Å². The molecular formula is C23H20N4O. The number of carbonyl (C=O) groups excluding carboxylic acids is 1. The summed E-state index contributed by atoms with van der Waals surface area (Å²) in [6.45, 7) is 4.12. The second-order valence-corrected chi connectivity index (χ2v) is 6.66. The van der Waals surface area contributed by atoms with Gasteiger partial charge in [-0.15, -0.1) is 0 Å². The number of rotatable bonds is 4. The fourth-order valence-corrected chi connectivity index (χ4v) is 3.15. The zero-order valence-corrected chi connectivity index (χ0v) is 15.7. The zero-order chi connectivity index (χ0) is 19.5. The molecule has 138 valence electrons. The summed E-state index contributed by atoms with van der Waals surface area (Å²) in [6.07, 6.45) is 3.38. The van der Waals surface area contributed by atoms with Gasteiger partial charge in [0.15, 0.2) is 0 Å². The van der Waals surface area contributed by atoms with Crippen molar-refractivity contribution < 1.29 is 4.79 Å². The number of benzene rings is 2. The molecule has 2 N–H and O–H groups in total. The number of hydrogen-bond donors (Lipinski definition) is 2. The molecule has 5 nitrogen and oxygen atoms in total. The van der Waals surface area contributed by atoms with Crippen LogP contribution in [0.25, 0.3) is 10.9 Å². The smallest absolute Gasteiger partial charge is 0.274 e. The Balaban J connectivity index is 1.53. The fraction of sp³-hybridized carbons (Fsp3) is 0.0870. The van der Waals surface area contributed by atoms with Crippen molar-refractivity contribution in [3.05, 3.63) is 89.9 Å². The number of pyridine rings is 2. The van der Waals surface area contributed by atoms with E-state index in [1.165, 1.54) is 0 Å². The minimum absolute atomic E-state index is 0.267. The van der Waals surface area contributed by atoms with Gasteiger partial charge in [-0.05, 0) is 49.2 Å². The lowest BCUT2D eigenvalue weighted by atomic mass is 10.1. The summed E-state index contributed by atoms with van der Waals surface area (Å²) in [6, 6.07) is 19.2. The number of nitrogens with one attached hydrogen (secondary N) is 2. The predicted molar refractivity (Wildman–Crippen MR) is 113 cm³/mol. The SMILES string of the molecule is Cc1cccc(C)c1Nc1ccc(C(=O)Nc2cccc3cccnc23)nc1. The Kier molecular flexibility index (Phi) is 4.72. The number of anilines is 3. The van der Waals surface area contributed by atoms with E-state index >= 15 is 0 Å². The Morgan fingerprint density at radius 3 is 2.36 bits per heavy atom. The second kappa shape index (κ2) is 7.48. The molecule has 0 aliphatic rings. The largest absolute Gasteiger partial charge is 0.354 e. The highest BCUT2D eigenvalue weighted by Gasteiger charge is 2.11. The van der Waals surface area contributed by atoms with Crippen molar-refractivity contribution in [2.45, 2.75) is 13.8 Å². The molecule has 5 heteroatoms. The molecule has 0 unspecified atom stereocenters. The van der Waals surface area contributed by atoms with Gasteiger partial charge in [0.25, 0.3) is 5.91 Å². The summed E-state index contributed by atoms with van der Waals surface area (Å²) in [4.78, 5) is 21.3. The Morgan fingerprint density at radius 1 is 0.857 bits per heavy atom. The van der Waals surface area contributed by atoms with Crippen LogP contribution in [0.3, 0.4) is 0 Å². The zero-order valence-electron chi connectivity index (χ0n) is 15.7. The van der Waals surface area contributed by atoms with Gasteiger partial charge in [0.1, 0.15) is 5.69 Å². The molecular weight excluding hydrogens is 348 g/mol. The van der Waals surface area contributed by atoms with Crippen molar-refractivity contribution in [1.82, 2.24) is 9.97 Å². The third kappa shape index (κ3) is 3.55. The van der Waals surface area contributed by atoms with Crippen molar-refractivity contribution in [2.75, 3.05) is 10.6 Å². The molecule has 2 heterocycles. The Hall–Kier alpha value is -3.73. The van der Waals surface area contributed by atoms with E-state index in [1.807, 2.05) is 42.5 Å². The molecule has 2 aromatic carbocycles. The molecule has 2 aromatic heterocycles. The number of aromatic nitrogens is 2. The van der Waals surface area contributed by atoms with E-state index in [4.69, 9.17) is 0 Å². The van der Waals surface area contributed by atoms with Crippen LogP contribution in [-0.2, 0) is 0 Å². The van der Waals surface area contributed by atoms with Gasteiger partial charge in [-0.25, -0.2) is 4.98 Å². The van der Waals surface area contributed by atoms with Gasteiger partial charge in [-0.3, -0.25) is 9.78 Å². The monoisotopic (exact) mass is 368 g/mol. The van der Waals surface area contributed by atoms with Crippen molar-refractivity contribution >= 4 is 33.9 Å². The summed E-state index contributed by atoms with van der Waals surface area (Å²) < 4.78 is 0. The highest BCUT2D eigenvalue weighted by atomic mass is 16.1. The Morgan fingerprint density at radius 2 is 1.61 bits per heavy atom. The topological polar surface area (TPSA) is 66.9 Å². The first-order valence-electron chi connectivity index (χ1n) is 9.06. The number of hydrogen-bond acceptors (Lipinski definition) is 4. The minimum atomic E-state index is -0.267. The molecule has 4 aromatic rings. The van der Waals surface area contributed by atoms with E-state index in [1.54, 1.807) is 18.5 Å². The molecule has 0 fully saturated rings. The summed E-state index contributed by atoms with van der Waals surface area (Å²) in [5.74, 6) is -0.267. The van der Waals surface area contributed by atoms with Crippen molar-refractivity contribution in [3.8, 4) is 0 Å². The number of aryl methyl sites for hydroxylation is 2.